The zero-order valence-corrected chi connectivity index (χ0v) is 10.4. The van der Waals surface area contributed by atoms with Crippen LogP contribution in [0.2, 0.25) is 5.02 Å². The van der Waals surface area contributed by atoms with E-state index in [4.69, 9.17) is 16.9 Å². The summed E-state index contributed by atoms with van der Waals surface area (Å²) in [5.74, 6) is 0.535. The summed E-state index contributed by atoms with van der Waals surface area (Å²) in [6.45, 7) is 0.524. The molecule has 0 aliphatic rings. The van der Waals surface area contributed by atoms with E-state index in [1.165, 1.54) is 0 Å². The summed E-state index contributed by atoms with van der Waals surface area (Å²) in [5, 5.41) is 19.4. The number of aliphatic hydroxyl groups is 1. The molecule has 1 unspecified atom stereocenters. The van der Waals surface area contributed by atoms with Crippen LogP contribution in [0.5, 0.6) is 0 Å². The summed E-state index contributed by atoms with van der Waals surface area (Å²) < 4.78 is 1.78. The number of hydrogen-bond donors (Lipinski definition) is 1. The van der Waals surface area contributed by atoms with Crippen LogP contribution in [0.25, 0.3) is 0 Å². The molecule has 4 nitrogen and oxygen atoms in total. The topological polar surface area (TPSA) is 61.8 Å². The van der Waals surface area contributed by atoms with Gasteiger partial charge in [0, 0.05) is 24.0 Å². The van der Waals surface area contributed by atoms with Gasteiger partial charge in [0.05, 0.1) is 12.5 Å². The molecule has 1 aromatic carbocycles. The van der Waals surface area contributed by atoms with Crippen molar-refractivity contribution in [1.82, 2.24) is 9.55 Å². The third-order valence-electron chi connectivity index (χ3n) is 2.64. The zero-order valence-electron chi connectivity index (χ0n) is 9.62. The molecular formula is C13H12ClN3O. The predicted octanol–water partition coefficient (Wildman–Crippen LogP) is 2.53. The van der Waals surface area contributed by atoms with Gasteiger partial charge in [0.25, 0.3) is 0 Å². The summed E-state index contributed by atoms with van der Waals surface area (Å²) in [4.78, 5) is 4.14. The van der Waals surface area contributed by atoms with Gasteiger partial charge in [-0.25, -0.2) is 4.98 Å². The average Bonchev–Trinajstić information content (AvgIpc) is 2.84. The first-order chi connectivity index (χ1) is 8.72. The van der Waals surface area contributed by atoms with Gasteiger partial charge in [-0.15, -0.1) is 0 Å². The van der Waals surface area contributed by atoms with Crippen molar-refractivity contribution in [3.63, 3.8) is 0 Å². The Balaban J connectivity index is 2.23. The largest absolute Gasteiger partial charge is 0.380 e. The molecule has 92 valence electrons. The lowest BCUT2D eigenvalue weighted by atomic mass is 10.1. The molecule has 5 heteroatoms. The van der Waals surface area contributed by atoms with E-state index in [1.54, 1.807) is 41.2 Å². The third-order valence-corrected chi connectivity index (χ3v) is 2.89. The zero-order chi connectivity index (χ0) is 13.0. The van der Waals surface area contributed by atoms with E-state index >= 15 is 0 Å². The fourth-order valence-electron chi connectivity index (χ4n) is 1.72. The van der Waals surface area contributed by atoms with Crippen LogP contribution >= 0.6 is 11.6 Å². The SMILES string of the molecule is N#CCCn1ccnc1C(O)c1ccc(Cl)cc1. The number of nitriles is 1. The van der Waals surface area contributed by atoms with Crippen LogP contribution in [0, 0.1) is 11.3 Å². The van der Waals surface area contributed by atoms with Gasteiger partial charge < -0.3 is 9.67 Å². The van der Waals surface area contributed by atoms with Gasteiger partial charge in [-0.3, -0.25) is 0 Å². The highest BCUT2D eigenvalue weighted by Gasteiger charge is 2.15. The van der Waals surface area contributed by atoms with E-state index in [2.05, 4.69) is 11.1 Å². The number of aromatic nitrogens is 2. The van der Waals surface area contributed by atoms with Gasteiger partial charge in [0.15, 0.2) is 0 Å². The first-order valence-electron chi connectivity index (χ1n) is 5.54. The maximum Gasteiger partial charge on any atom is 0.142 e. The molecule has 2 aromatic rings. The number of hydrogen-bond acceptors (Lipinski definition) is 3. The maximum absolute atomic E-state index is 10.2. The minimum absolute atomic E-state index is 0.386. The standard InChI is InChI=1S/C13H12ClN3O/c14-11-4-2-10(3-5-11)12(18)13-16-7-9-17(13)8-1-6-15/h2-5,7,9,12,18H,1,8H2. The molecule has 1 atom stereocenters. The smallest absolute Gasteiger partial charge is 0.142 e. The molecule has 1 N–H and O–H groups in total. The van der Waals surface area contributed by atoms with Gasteiger partial charge in [-0.1, -0.05) is 23.7 Å². The lowest BCUT2D eigenvalue weighted by Gasteiger charge is -2.12. The first-order valence-corrected chi connectivity index (χ1v) is 5.91. The van der Waals surface area contributed by atoms with Crippen molar-refractivity contribution in [2.75, 3.05) is 0 Å². The first kappa shape index (κ1) is 12.6. The molecule has 0 radical (unpaired) electrons. The van der Waals surface area contributed by atoms with Crippen LogP contribution in [-0.4, -0.2) is 14.7 Å². The number of imidazole rings is 1. The van der Waals surface area contributed by atoms with Crippen molar-refractivity contribution in [1.29, 1.82) is 5.26 Å². The van der Waals surface area contributed by atoms with Crippen molar-refractivity contribution >= 4 is 11.6 Å². The number of nitrogens with zero attached hydrogens (tertiary/aromatic N) is 3. The van der Waals surface area contributed by atoms with Crippen LogP contribution in [0.1, 0.15) is 23.9 Å². The van der Waals surface area contributed by atoms with E-state index in [0.29, 0.717) is 23.8 Å². The average molecular weight is 262 g/mol. The molecule has 1 heterocycles. The van der Waals surface area contributed by atoms with Gasteiger partial charge in [-0.2, -0.15) is 5.26 Å². The molecule has 0 fully saturated rings. The van der Waals surface area contributed by atoms with E-state index in [0.717, 1.165) is 5.56 Å². The van der Waals surface area contributed by atoms with Crippen molar-refractivity contribution in [2.45, 2.75) is 19.1 Å². The van der Waals surface area contributed by atoms with Crippen molar-refractivity contribution in [3.8, 4) is 6.07 Å². The lowest BCUT2D eigenvalue weighted by Crippen LogP contribution is -2.09. The molecule has 0 bridgehead atoms. The number of aliphatic hydroxyl groups excluding tert-OH is 1. The van der Waals surface area contributed by atoms with E-state index in [9.17, 15) is 5.11 Å². The third kappa shape index (κ3) is 2.70. The van der Waals surface area contributed by atoms with Crippen LogP contribution in [0.3, 0.4) is 0 Å². The molecule has 0 aliphatic heterocycles. The highest BCUT2D eigenvalue weighted by atomic mass is 35.5. The quantitative estimate of drug-likeness (QED) is 0.920. The Morgan fingerprint density at radius 3 is 2.78 bits per heavy atom. The van der Waals surface area contributed by atoms with Crippen LogP contribution in [-0.2, 0) is 6.54 Å². The number of halogens is 1. The molecule has 0 amide bonds. The molecule has 2 rings (SSSR count). The second kappa shape index (κ2) is 5.67. The summed E-state index contributed by atoms with van der Waals surface area (Å²) in [6.07, 6.45) is 2.95. The molecule has 18 heavy (non-hydrogen) atoms. The van der Waals surface area contributed by atoms with Crippen LogP contribution in [0.15, 0.2) is 36.7 Å². The second-order valence-corrected chi connectivity index (χ2v) is 4.28. The minimum atomic E-state index is -0.809. The van der Waals surface area contributed by atoms with Crippen LogP contribution < -0.4 is 0 Å². The Labute approximate surface area is 110 Å². The van der Waals surface area contributed by atoms with Gasteiger partial charge in [-0.05, 0) is 17.7 Å². The van der Waals surface area contributed by atoms with Crippen LogP contribution in [0.4, 0.5) is 0 Å². The summed E-state index contributed by atoms with van der Waals surface area (Å²) in [7, 11) is 0. The molecule has 0 spiro atoms. The Bertz CT molecular complexity index is 556. The highest BCUT2D eigenvalue weighted by Crippen LogP contribution is 2.22. The maximum atomic E-state index is 10.2. The van der Waals surface area contributed by atoms with E-state index in [-0.39, 0.29) is 0 Å². The molecule has 0 aliphatic carbocycles. The van der Waals surface area contributed by atoms with Crippen molar-refractivity contribution in [2.24, 2.45) is 0 Å². The fraction of sp³-hybridized carbons (Fsp3) is 0.231. The van der Waals surface area contributed by atoms with Crippen molar-refractivity contribution in [3.05, 3.63) is 53.1 Å². The van der Waals surface area contributed by atoms with E-state index < -0.39 is 6.10 Å². The number of benzene rings is 1. The Morgan fingerprint density at radius 2 is 2.11 bits per heavy atom. The number of rotatable bonds is 4. The molecule has 0 saturated heterocycles. The van der Waals surface area contributed by atoms with Crippen molar-refractivity contribution < 1.29 is 5.11 Å². The van der Waals surface area contributed by atoms with Gasteiger partial charge in [0.2, 0.25) is 0 Å². The fourth-order valence-corrected chi connectivity index (χ4v) is 1.85. The second-order valence-electron chi connectivity index (χ2n) is 3.84. The molecule has 0 saturated carbocycles. The Kier molecular flexibility index (Phi) is 3.98. The monoisotopic (exact) mass is 261 g/mol. The lowest BCUT2D eigenvalue weighted by molar-refractivity contribution is 0.204. The summed E-state index contributed by atoms with van der Waals surface area (Å²) in [5.41, 5.74) is 0.726. The highest BCUT2D eigenvalue weighted by molar-refractivity contribution is 6.30. The van der Waals surface area contributed by atoms with Gasteiger partial charge in [0.1, 0.15) is 11.9 Å². The summed E-state index contributed by atoms with van der Waals surface area (Å²) >= 11 is 5.80. The van der Waals surface area contributed by atoms with Gasteiger partial charge >= 0.3 is 0 Å². The Morgan fingerprint density at radius 1 is 1.39 bits per heavy atom. The molecular weight excluding hydrogens is 250 g/mol. The predicted molar refractivity (Wildman–Crippen MR) is 68.0 cm³/mol. The Hall–Kier alpha value is -1.83. The molecule has 1 aromatic heterocycles. The summed E-state index contributed by atoms with van der Waals surface area (Å²) in [6, 6.07) is 9.04. The van der Waals surface area contributed by atoms with E-state index in [1.807, 2.05) is 0 Å². The normalized spacial score (nSPS) is 12.1. The minimum Gasteiger partial charge on any atom is -0.380 e. The number of aryl methyl sites for hydroxylation is 1.